The molecule has 1 aromatic rings. The average molecular weight is 225 g/mol. The van der Waals surface area contributed by atoms with Gasteiger partial charge in [-0.2, -0.15) is 0 Å². The zero-order chi connectivity index (χ0) is 11.8. The summed E-state index contributed by atoms with van der Waals surface area (Å²) in [6, 6.07) is 3.16. The van der Waals surface area contributed by atoms with Gasteiger partial charge in [0.15, 0.2) is 5.88 Å². The molecule has 5 nitrogen and oxygen atoms in total. The largest absolute Gasteiger partial charge is 0.475 e. The Morgan fingerprint density at radius 3 is 2.81 bits per heavy atom. The van der Waals surface area contributed by atoms with Crippen molar-refractivity contribution in [2.75, 3.05) is 24.6 Å². The molecular weight excluding hydrogens is 210 g/mol. The second-order valence-electron chi connectivity index (χ2n) is 4.47. The number of rotatable bonds is 2. The lowest BCUT2D eigenvalue weighted by Gasteiger charge is -2.37. The highest BCUT2D eigenvalue weighted by Crippen LogP contribution is 2.24. The minimum atomic E-state index is -1.04. The molecule has 1 aliphatic heterocycles. The minimum absolute atomic E-state index is 0.0284. The molecule has 0 amide bonds. The van der Waals surface area contributed by atoms with Crippen molar-refractivity contribution in [1.82, 2.24) is 0 Å². The van der Waals surface area contributed by atoms with E-state index in [2.05, 4.69) is 0 Å². The number of hydrogen-bond acceptors (Lipinski definition) is 4. The average Bonchev–Trinajstić information content (AvgIpc) is 2.64. The van der Waals surface area contributed by atoms with E-state index in [0.29, 0.717) is 19.0 Å². The summed E-state index contributed by atoms with van der Waals surface area (Å²) in [5.41, 5.74) is -0.228. The molecule has 2 heterocycles. The fraction of sp³-hybridized carbons (Fsp3) is 0.545. The molecule has 0 saturated carbocycles. The fourth-order valence-electron chi connectivity index (χ4n) is 1.82. The standard InChI is InChI=1S/C11H15NO4/c1-11(2)7-12(5-6-15-11)9-4-3-8(16-9)10(13)14/h3-4H,5-7H2,1-2H3,(H,13,14). The number of hydrogen-bond donors (Lipinski definition) is 1. The van der Waals surface area contributed by atoms with E-state index < -0.39 is 5.97 Å². The molecule has 16 heavy (non-hydrogen) atoms. The number of anilines is 1. The van der Waals surface area contributed by atoms with Crippen molar-refractivity contribution in [3.8, 4) is 0 Å². The minimum Gasteiger partial charge on any atom is -0.475 e. The van der Waals surface area contributed by atoms with E-state index in [1.54, 1.807) is 6.07 Å². The van der Waals surface area contributed by atoms with Crippen LogP contribution in [0.3, 0.4) is 0 Å². The summed E-state index contributed by atoms with van der Waals surface area (Å²) in [4.78, 5) is 12.7. The molecule has 1 fully saturated rings. The van der Waals surface area contributed by atoms with Crippen LogP contribution in [0.4, 0.5) is 5.88 Å². The van der Waals surface area contributed by atoms with Gasteiger partial charge >= 0.3 is 5.97 Å². The van der Waals surface area contributed by atoms with E-state index in [0.717, 1.165) is 6.54 Å². The van der Waals surface area contributed by atoms with E-state index in [9.17, 15) is 4.79 Å². The third kappa shape index (κ3) is 2.19. The van der Waals surface area contributed by atoms with Crippen LogP contribution in [0.15, 0.2) is 16.5 Å². The Hall–Kier alpha value is -1.49. The zero-order valence-electron chi connectivity index (χ0n) is 9.40. The molecule has 0 aromatic carbocycles. The van der Waals surface area contributed by atoms with Gasteiger partial charge in [-0.15, -0.1) is 0 Å². The highest BCUT2D eigenvalue weighted by atomic mass is 16.5. The Bertz CT molecular complexity index is 396. The first-order valence-electron chi connectivity index (χ1n) is 5.20. The van der Waals surface area contributed by atoms with Crippen LogP contribution in [-0.4, -0.2) is 36.4 Å². The molecule has 0 bridgehead atoms. The summed E-state index contributed by atoms with van der Waals surface area (Å²) in [5.74, 6) is -0.480. The van der Waals surface area contributed by atoms with Gasteiger partial charge in [-0.1, -0.05) is 0 Å². The van der Waals surface area contributed by atoms with E-state index in [1.165, 1.54) is 6.07 Å². The third-order valence-electron chi connectivity index (χ3n) is 2.54. The molecule has 5 heteroatoms. The number of morpholine rings is 1. The maximum atomic E-state index is 10.7. The van der Waals surface area contributed by atoms with Crippen LogP contribution in [0.5, 0.6) is 0 Å². The number of nitrogens with zero attached hydrogens (tertiary/aromatic N) is 1. The van der Waals surface area contributed by atoms with Gasteiger partial charge in [0.05, 0.1) is 12.2 Å². The maximum absolute atomic E-state index is 10.7. The number of carboxylic acid groups (broad SMARTS) is 1. The topological polar surface area (TPSA) is 62.9 Å². The first kappa shape index (κ1) is 11.0. The molecule has 1 aliphatic rings. The Morgan fingerprint density at radius 2 is 2.25 bits per heavy atom. The number of carbonyl (C=O) groups is 1. The van der Waals surface area contributed by atoms with Crippen molar-refractivity contribution in [3.63, 3.8) is 0 Å². The van der Waals surface area contributed by atoms with Crippen molar-refractivity contribution in [1.29, 1.82) is 0 Å². The van der Waals surface area contributed by atoms with E-state index in [4.69, 9.17) is 14.3 Å². The molecule has 2 rings (SSSR count). The molecule has 0 aliphatic carbocycles. The highest BCUT2D eigenvalue weighted by molar-refractivity contribution is 5.84. The van der Waals surface area contributed by atoms with Crippen molar-refractivity contribution >= 4 is 11.9 Å². The quantitative estimate of drug-likeness (QED) is 0.828. The van der Waals surface area contributed by atoms with Gasteiger partial charge in [0.2, 0.25) is 5.76 Å². The molecular formula is C11H15NO4. The highest BCUT2D eigenvalue weighted by Gasteiger charge is 2.29. The van der Waals surface area contributed by atoms with E-state index in [-0.39, 0.29) is 11.4 Å². The second kappa shape index (κ2) is 3.83. The fourth-order valence-corrected chi connectivity index (χ4v) is 1.82. The Morgan fingerprint density at radius 1 is 1.50 bits per heavy atom. The SMILES string of the molecule is CC1(C)CN(c2ccc(C(=O)O)o2)CCO1. The van der Waals surface area contributed by atoms with E-state index in [1.807, 2.05) is 18.7 Å². The lowest BCUT2D eigenvalue weighted by atomic mass is 10.1. The molecule has 0 spiro atoms. The van der Waals surface area contributed by atoms with Crippen LogP contribution in [0.25, 0.3) is 0 Å². The van der Waals surface area contributed by atoms with Gasteiger partial charge in [-0.05, 0) is 19.9 Å². The molecule has 0 atom stereocenters. The van der Waals surface area contributed by atoms with E-state index >= 15 is 0 Å². The normalized spacial score (nSPS) is 19.8. The van der Waals surface area contributed by atoms with Gasteiger partial charge in [0.25, 0.3) is 0 Å². The van der Waals surface area contributed by atoms with Crippen molar-refractivity contribution in [2.45, 2.75) is 19.4 Å². The van der Waals surface area contributed by atoms with Crippen LogP contribution in [-0.2, 0) is 4.74 Å². The van der Waals surface area contributed by atoms with Crippen LogP contribution < -0.4 is 4.90 Å². The Labute approximate surface area is 93.6 Å². The number of furan rings is 1. The smallest absolute Gasteiger partial charge is 0.371 e. The lowest BCUT2D eigenvalue weighted by Crippen LogP contribution is -2.48. The summed E-state index contributed by atoms with van der Waals surface area (Å²) in [7, 11) is 0. The van der Waals surface area contributed by atoms with Crippen molar-refractivity contribution in [3.05, 3.63) is 17.9 Å². The van der Waals surface area contributed by atoms with Crippen LogP contribution in [0.1, 0.15) is 24.4 Å². The third-order valence-corrected chi connectivity index (χ3v) is 2.54. The number of aromatic carboxylic acids is 1. The first-order valence-corrected chi connectivity index (χ1v) is 5.20. The predicted molar refractivity (Wildman–Crippen MR) is 57.9 cm³/mol. The predicted octanol–water partition coefficient (Wildman–Crippen LogP) is 1.59. The van der Waals surface area contributed by atoms with Gasteiger partial charge < -0.3 is 19.2 Å². The molecule has 0 unspecified atom stereocenters. The molecule has 0 radical (unpaired) electrons. The lowest BCUT2D eigenvalue weighted by molar-refractivity contribution is -0.0287. The number of carboxylic acids is 1. The summed E-state index contributed by atoms with van der Waals surface area (Å²) in [6.07, 6.45) is 0. The van der Waals surface area contributed by atoms with Crippen LogP contribution >= 0.6 is 0 Å². The summed E-state index contributed by atoms with van der Waals surface area (Å²) in [5, 5.41) is 8.76. The Balaban J connectivity index is 2.14. The maximum Gasteiger partial charge on any atom is 0.371 e. The van der Waals surface area contributed by atoms with Gasteiger partial charge in [-0.25, -0.2) is 4.79 Å². The molecule has 1 aromatic heterocycles. The van der Waals surface area contributed by atoms with Crippen molar-refractivity contribution < 1.29 is 19.1 Å². The molecule has 1 N–H and O–H groups in total. The zero-order valence-corrected chi connectivity index (χ0v) is 9.40. The monoisotopic (exact) mass is 225 g/mol. The van der Waals surface area contributed by atoms with Gasteiger partial charge in [0, 0.05) is 19.2 Å². The molecule has 88 valence electrons. The number of ether oxygens (including phenoxy) is 1. The van der Waals surface area contributed by atoms with Gasteiger partial charge in [0.1, 0.15) is 0 Å². The van der Waals surface area contributed by atoms with Crippen molar-refractivity contribution in [2.24, 2.45) is 0 Å². The van der Waals surface area contributed by atoms with Crippen LogP contribution in [0, 0.1) is 0 Å². The summed E-state index contributed by atoms with van der Waals surface area (Å²) < 4.78 is 10.8. The molecule has 1 saturated heterocycles. The summed E-state index contributed by atoms with van der Waals surface area (Å²) >= 11 is 0. The van der Waals surface area contributed by atoms with Crippen LogP contribution in [0.2, 0.25) is 0 Å². The Kier molecular flexibility index (Phi) is 2.63. The first-order chi connectivity index (χ1) is 7.48. The summed E-state index contributed by atoms with van der Waals surface area (Å²) in [6.45, 7) is 6.03. The van der Waals surface area contributed by atoms with Gasteiger partial charge in [-0.3, -0.25) is 0 Å². The second-order valence-corrected chi connectivity index (χ2v) is 4.47.